The lowest BCUT2D eigenvalue weighted by molar-refractivity contribution is -0.116. The van der Waals surface area contributed by atoms with Crippen LogP contribution in [0, 0.1) is 6.92 Å². The maximum Gasteiger partial charge on any atom is 0.246 e. The fourth-order valence-electron chi connectivity index (χ4n) is 2.64. The predicted molar refractivity (Wildman–Crippen MR) is 115 cm³/mol. The molecule has 144 valence electrons. The Hall–Kier alpha value is -3.19. The Labute approximate surface area is 168 Å². The summed E-state index contributed by atoms with van der Waals surface area (Å²) in [6.45, 7) is 5.24. The van der Waals surface area contributed by atoms with Crippen molar-refractivity contribution in [2.24, 2.45) is 0 Å². The Balaban J connectivity index is 1.57. The van der Waals surface area contributed by atoms with Crippen molar-refractivity contribution in [3.63, 3.8) is 0 Å². The highest BCUT2D eigenvalue weighted by Gasteiger charge is 2.13. The standard InChI is InChI=1S/C21H22N4O2S/c1-13(21(27)25-19-10-8-18(9-11-19)23-14(2)26)22-17-6-4-16(5-7-17)20-12-28-15(3)24-20/h4-13,22H,1-3H3,(H,23,26)(H,25,27)/t13-/m1/s1. The van der Waals surface area contributed by atoms with Crippen LogP contribution in [0.2, 0.25) is 0 Å². The molecule has 0 aliphatic carbocycles. The van der Waals surface area contributed by atoms with E-state index in [9.17, 15) is 9.59 Å². The fourth-order valence-corrected chi connectivity index (χ4v) is 3.26. The molecule has 0 bridgehead atoms. The van der Waals surface area contributed by atoms with E-state index in [4.69, 9.17) is 0 Å². The van der Waals surface area contributed by atoms with E-state index >= 15 is 0 Å². The van der Waals surface area contributed by atoms with E-state index in [0.717, 1.165) is 22.0 Å². The van der Waals surface area contributed by atoms with E-state index in [-0.39, 0.29) is 11.8 Å². The molecule has 0 spiro atoms. The van der Waals surface area contributed by atoms with Gasteiger partial charge in [0.25, 0.3) is 0 Å². The molecule has 3 aromatic rings. The number of aromatic nitrogens is 1. The number of hydrogen-bond donors (Lipinski definition) is 3. The summed E-state index contributed by atoms with van der Waals surface area (Å²) in [5.74, 6) is -0.281. The zero-order chi connectivity index (χ0) is 20.1. The van der Waals surface area contributed by atoms with E-state index in [0.29, 0.717) is 11.4 Å². The van der Waals surface area contributed by atoms with Crippen LogP contribution in [0.15, 0.2) is 53.9 Å². The summed E-state index contributed by atoms with van der Waals surface area (Å²) in [6, 6.07) is 14.4. The number of aryl methyl sites for hydroxylation is 1. The number of nitrogens with zero attached hydrogens (tertiary/aromatic N) is 1. The first-order valence-corrected chi connectivity index (χ1v) is 9.76. The molecule has 2 aromatic carbocycles. The first-order chi connectivity index (χ1) is 13.4. The third-order valence-electron chi connectivity index (χ3n) is 4.05. The topological polar surface area (TPSA) is 83.1 Å². The number of thiazole rings is 1. The van der Waals surface area contributed by atoms with E-state index in [2.05, 4.69) is 20.9 Å². The minimum Gasteiger partial charge on any atom is -0.374 e. The van der Waals surface area contributed by atoms with E-state index < -0.39 is 6.04 Å². The van der Waals surface area contributed by atoms with Crippen LogP contribution in [0.3, 0.4) is 0 Å². The molecule has 2 amide bonds. The molecular formula is C21H22N4O2S. The number of benzene rings is 2. The molecule has 0 saturated heterocycles. The maximum atomic E-state index is 12.4. The van der Waals surface area contributed by atoms with Gasteiger partial charge in [-0.15, -0.1) is 11.3 Å². The summed E-state index contributed by atoms with van der Waals surface area (Å²) >= 11 is 1.62. The first-order valence-electron chi connectivity index (χ1n) is 8.88. The summed E-state index contributed by atoms with van der Waals surface area (Å²) in [5, 5.41) is 11.8. The minimum absolute atomic E-state index is 0.134. The van der Waals surface area contributed by atoms with Gasteiger partial charge in [0.1, 0.15) is 6.04 Å². The molecule has 3 rings (SSSR count). The Morgan fingerprint density at radius 2 is 1.50 bits per heavy atom. The van der Waals surface area contributed by atoms with Gasteiger partial charge in [0, 0.05) is 34.9 Å². The van der Waals surface area contributed by atoms with Crippen LogP contribution in [-0.2, 0) is 9.59 Å². The van der Waals surface area contributed by atoms with Crippen LogP contribution in [0.1, 0.15) is 18.9 Å². The SMILES string of the molecule is CC(=O)Nc1ccc(NC(=O)[C@@H](C)Nc2ccc(-c3csc(C)n3)cc2)cc1. The van der Waals surface area contributed by atoms with Crippen LogP contribution in [0.5, 0.6) is 0 Å². The summed E-state index contributed by atoms with van der Waals surface area (Å²) in [6.07, 6.45) is 0. The summed E-state index contributed by atoms with van der Waals surface area (Å²) in [5.41, 5.74) is 4.22. The van der Waals surface area contributed by atoms with Crippen molar-refractivity contribution in [2.75, 3.05) is 16.0 Å². The first kappa shape index (κ1) is 19.6. The molecule has 0 radical (unpaired) electrons. The van der Waals surface area contributed by atoms with Gasteiger partial charge in [-0.05, 0) is 50.2 Å². The molecule has 3 N–H and O–H groups in total. The largest absolute Gasteiger partial charge is 0.374 e. The van der Waals surface area contributed by atoms with Crippen LogP contribution >= 0.6 is 11.3 Å². The molecule has 6 nitrogen and oxygen atoms in total. The Morgan fingerprint density at radius 1 is 0.929 bits per heavy atom. The van der Waals surface area contributed by atoms with Crippen LogP contribution in [0.4, 0.5) is 17.1 Å². The van der Waals surface area contributed by atoms with Crippen LogP contribution in [-0.4, -0.2) is 22.8 Å². The number of carbonyl (C=O) groups excluding carboxylic acids is 2. The van der Waals surface area contributed by atoms with Gasteiger partial charge in [0.05, 0.1) is 10.7 Å². The van der Waals surface area contributed by atoms with Gasteiger partial charge in [-0.1, -0.05) is 12.1 Å². The Bertz CT molecular complexity index is 965. The normalized spacial score (nSPS) is 11.5. The minimum atomic E-state index is -0.414. The molecule has 0 aliphatic heterocycles. The molecule has 0 aliphatic rings. The van der Waals surface area contributed by atoms with Gasteiger partial charge in [0.2, 0.25) is 11.8 Å². The van der Waals surface area contributed by atoms with Gasteiger partial charge in [-0.2, -0.15) is 0 Å². The third-order valence-corrected chi connectivity index (χ3v) is 4.82. The number of nitrogens with one attached hydrogen (secondary N) is 3. The Morgan fingerprint density at radius 3 is 2.04 bits per heavy atom. The number of rotatable bonds is 6. The van der Waals surface area contributed by atoms with Gasteiger partial charge < -0.3 is 16.0 Å². The number of hydrogen-bond acceptors (Lipinski definition) is 5. The lowest BCUT2D eigenvalue weighted by Crippen LogP contribution is -2.31. The van der Waals surface area contributed by atoms with Gasteiger partial charge in [0.15, 0.2) is 0 Å². The molecule has 0 saturated carbocycles. The zero-order valence-electron chi connectivity index (χ0n) is 15.9. The lowest BCUT2D eigenvalue weighted by Gasteiger charge is -2.16. The predicted octanol–water partition coefficient (Wildman–Crippen LogP) is 4.52. The van der Waals surface area contributed by atoms with Crippen LogP contribution in [0.25, 0.3) is 11.3 Å². The molecule has 7 heteroatoms. The van der Waals surface area contributed by atoms with Gasteiger partial charge in [-0.3, -0.25) is 9.59 Å². The van der Waals surface area contributed by atoms with E-state index in [1.165, 1.54) is 6.92 Å². The highest BCUT2D eigenvalue weighted by Crippen LogP contribution is 2.23. The average Bonchev–Trinajstić information content (AvgIpc) is 3.10. The highest BCUT2D eigenvalue weighted by atomic mass is 32.1. The van der Waals surface area contributed by atoms with Crippen molar-refractivity contribution >= 4 is 40.2 Å². The smallest absolute Gasteiger partial charge is 0.246 e. The lowest BCUT2D eigenvalue weighted by atomic mass is 10.1. The van der Waals surface area contributed by atoms with E-state index in [1.807, 2.05) is 36.6 Å². The third kappa shape index (κ3) is 5.17. The molecule has 0 fully saturated rings. The summed E-state index contributed by atoms with van der Waals surface area (Å²) in [4.78, 5) is 27.9. The number of carbonyl (C=O) groups is 2. The van der Waals surface area contributed by atoms with Gasteiger partial charge >= 0.3 is 0 Å². The highest BCUT2D eigenvalue weighted by molar-refractivity contribution is 7.09. The maximum absolute atomic E-state index is 12.4. The second-order valence-electron chi connectivity index (χ2n) is 6.44. The second-order valence-corrected chi connectivity index (χ2v) is 7.51. The van der Waals surface area contributed by atoms with Crippen molar-refractivity contribution in [1.29, 1.82) is 0 Å². The number of amides is 2. The molecular weight excluding hydrogens is 372 g/mol. The average molecular weight is 395 g/mol. The fraction of sp³-hybridized carbons (Fsp3) is 0.190. The quantitative estimate of drug-likeness (QED) is 0.574. The number of anilines is 3. The van der Waals surface area contributed by atoms with Crippen molar-refractivity contribution in [1.82, 2.24) is 4.98 Å². The summed E-state index contributed by atoms with van der Waals surface area (Å²) in [7, 11) is 0. The van der Waals surface area contributed by atoms with Crippen molar-refractivity contribution < 1.29 is 9.59 Å². The second kappa shape index (κ2) is 8.67. The van der Waals surface area contributed by atoms with Crippen molar-refractivity contribution in [2.45, 2.75) is 26.8 Å². The van der Waals surface area contributed by atoms with Crippen LogP contribution < -0.4 is 16.0 Å². The zero-order valence-corrected chi connectivity index (χ0v) is 16.8. The molecule has 1 atom stereocenters. The Kier molecular flexibility index (Phi) is 6.06. The monoisotopic (exact) mass is 394 g/mol. The van der Waals surface area contributed by atoms with Crippen molar-refractivity contribution in [3.05, 3.63) is 58.9 Å². The molecule has 1 heterocycles. The molecule has 0 unspecified atom stereocenters. The molecule has 28 heavy (non-hydrogen) atoms. The van der Waals surface area contributed by atoms with E-state index in [1.54, 1.807) is 42.5 Å². The molecule has 1 aromatic heterocycles. The summed E-state index contributed by atoms with van der Waals surface area (Å²) < 4.78 is 0. The van der Waals surface area contributed by atoms with Crippen molar-refractivity contribution in [3.8, 4) is 11.3 Å². The van der Waals surface area contributed by atoms with Gasteiger partial charge in [-0.25, -0.2) is 4.98 Å².